The third kappa shape index (κ3) is 3.06. The Bertz CT molecular complexity index is 758. The number of halogens is 4. The summed E-state index contributed by atoms with van der Waals surface area (Å²) in [6.07, 6.45) is -4.46. The van der Waals surface area contributed by atoms with Gasteiger partial charge in [-0.15, -0.1) is 0 Å². The molecule has 23 heavy (non-hydrogen) atoms. The number of fused-ring (bicyclic) bond motifs is 1. The van der Waals surface area contributed by atoms with E-state index in [-0.39, 0.29) is 13.1 Å². The summed E-state index contributed by atoms with van der Waals surface area (Å²) in [5.41, 5.74) is 3.44. The van der Waals surface area contributed by atoms with Crippen LogP contribution in [0.4, 0.5) is 13.2 Å². The molecule has 0 atom stereocenters. The van der Waals surface area contributed by atoms with Crippen molar-refractivity contribution >= 4 is 17.5 Å². The molecule has 0 aliphatic carbocycles. The molecule has 0 bridgehead atoms. The van der Waals surface area contributed by atoms with Crippen LogP contribution in [0.15, 0.2) is 42.5 Å². The summed E-state index contributed by atoms with van der Waals surface area (Å²) < 4.78 is 37.8. The molecule has 0 fully saturated rings. The summed E-state index contributed by atoms with van der Waals surface area (Å²) in [5.74, 6) is -1.79. The van der Waals surface area contributed by atoms with Gasteiger partial charge in [0.05, 0.1) is 0 Å². The minimum Gasteiger partial charge on any atom is -0.330 e. The summed E-state index contributed by atoms with van der Waals surface area (Å²) in [6.45, 7) is 0.0127. The van der Waals surface area contributed by atoms with Crippen LogP contribution in [0.1, 0.15) is 11.1 Å². The molecule has 0 saturated heterocycles. The first kappa shape index (κ1) is 15.9. The van der Waals surface area contributed by atoms with Crippen LogP contribution in [0.5, 0.6) is 0 Å². The summed E-state index contributed by atoms with van der Waals surface area (Å²) in [4.78, 5) is 12.3. The van der Waals surface area contributed by atoms with Gasteiger partial charge in [0.15, 0.2) is 0 Å². The highest BCUT2D eigenvalue weighted by Gasteiger charge is 2.43. The van der Waals surface area contributed by atoms with Gasteiger partial charge in [-0.2, -0.15) is 13.2 Å². The number of hydrogen-bond donors (Lipinski definition) is 0. The number of rotatable bonds is 1. The van der Waals surface area contributed by atoms with E-state index in [9.17, 15) is 18.0 Å². The van der Waals surface area contributed by atoms with Crippen LogP contribution in [0.3, 0.4) is 0 Å². The third-order valence-corrected chi connectivity index (χ3v) is 4.29. The Kier molecular flexibility index (Phi) is 4.06. The predicted octanol–water partition coefficient (Wildman–Crippen LogP) is 4.45. The molecule has 2 aromatic carbocycles. The largest absolute Gasteiger partial charge is 0.471 e. The van der Waals surface area contributed by atoms with Crippen molar-refractivity contribution in [3.63, 3.8) is 0 Å². The van der Waals surface area contributed by atoms with E-state index in [2.05, 4.69) is 0 Å². The number of benzene rings is 2. The highest BCUT2D eigenvalue weighted by Crippen LogP contribution is 2.35. The zero-order valence-electron chi connectivity index (χ0n) is 12.0. The van der Waals surface area contributed by atoms with Crippen LogP contribution >= 0.6 is 11.6 Å². The first-order valence-electron chi connectivity index (χ1n) is 7.09. The number of carbonyl (C=O) groups is 1. The van der Waals surface area contributed by atoms with Crippen molar-refractivity contribution < 1.29 is 18.0 Å². The van der Waals surface area contributed by atoms with Gasteiger partial charge in [-0.1, -0.05) is 48.0 Å². The summed E-state index contributed by atoms with van der Waals surface area (Å²) in [5, 5.41) is 0.592. The molecule has 1 amide bonds. The Morgan fingerprint density at radius 3 is 2.43 bits per heavy atom. The number of nitrogens with zero attached hydrogens (tertiary/aromatic N) is 1. The second-order valence-electron chi connectivity index (χ2n) is 5.40. The summed E-state index contributed by atoms with van der Waals surface area (Å²) >= 11 is 6.23. The fraction of sp³-hybridized carbons (Fsp3) is 0.235. The van der Waals surface area contributed by atoms with Gasteiger partial charge in [-0.25, -0.2) is 0 Å². The minimum absolute atomic E-state index is 0.0357. The second kappa shape index (κ2) is 5.89. The van der Waals surface area contributed by atoms with E-state index < -0.39 is 12.1 Å². The molecule has 1 aliphatic rings. The van der Waals surface area contributed by atoms with Crippen molar-refractivity contribution in [1.82, 2.24) is 4.90 Å². The van der Waals surface area contributed by atoms with Gasteiger partial charge in [0.1, 0.15) is 0 Å². The molecule has 0 saturated carbocycles. The summed E-state index contributed by atoms with van der Waals surface area (Å²) in [6, 6.07) is 12.8. The van der Waals surface area contributed by atoms with Gasteiger partial charge in [0.25, 0.3) is 0 Å². The molecule has 6 heteroatoms. The molecule has 1 aliphatic heterocycles. The molecular weight excluding hydrogens is 327 g/mol. The lowest BCUT2D eigenvalue weighted by atomic mass is 9.90. The van der Waals surface area contributed by atoms with Crippen LogP contribution in [-0.2, 0) is 17.8 Å². The molecule has 2 nitrogen and oxygen atoms in total. The maximum atomic E-state index is 12.6. The number of alkyl halides is 3. The van der Waals surface area contributed by atoms with E-state index in [0.717, 1.165) is 27.2 Å². The van der Waals surface area contributed by atoms with Crippen molar-refractivity contribution in [2.75, 3.05) is 6.54 Å². The molecule has 0 radical (unpaired) electrons. The fourth-order valence-electron chi connectivity index (χ4n) is 2.89. The topological polar surface area (TPSA) is 20.3 Å². The van der Waals surface area contributed by atoms with E-state index in [0.29, 0.717) is 11.4 Å². The van der Waals surface area contributed by atoms with E-state index in [1.165, 1.54) is 0 Å². The van der Waals surface area contributed by atoms with Gasteiger partial charge in [-0.3, -0.25) is 4.79 Å². The van der Waals surface area contributed by atoms with Crippen molar-refractivity contribution in [3.05, 3.63) is 58.6 Å². The highest BCUT2D eigenvalue weighted by molar-refractivity contribution is 6.33. The van der Waals surface area contributed by atoms with E-state index in [1.807, 2.05) is 24.3 Å². The zero-order chi connectivity index (χ0) is 16.6. The Labute approximate surface area is 136 Å². The van der Waals surface area contributed by atoms with Crippen LogP contribution in [0, 0.1) is 0 Å². The Morgan fingerprint density at radius 1 is 1.04 bits per heavy atom. The maximum absolute atomic E-state index is 12.6. The van der Waals surface area contributed by atoms with Crippen molar-refractivity contribution in [2.45, 2.75) is 19.1 Å². The normalized spacial score (nSPS) is 14.5. The molecule has 120 valence electrons. The Balaban J connectivity index is 1.97. The van der Waals surface area contributed by atoms with Crippen LogP contribution in [0.25, 0.3) is 11.1 Å². The molecular formula is C17H13ClF3NO. The molecule has 0 aromatic heterocycles. The smallest absolute Gasteiger partial charge is 0.330 e. The Hall–Kier alpha value is -2.01. The van der Waals surface area contributed by atoms with Crippen LogP contribution in [0.2, 0.25) is 5.02 Å². The maximum Gasteiger partial charge on any atom is 0.471 e. The number of hydrogen-bond acceptors (Lipinski definition) is 1. The standard InChI is InChI=1S/C17H13ClF3NO/c18-15-7-2-1-5-14(15)13-6-3-4-11-10-22(9-8-12(11)13)16(23)17(19,20)21/h1-7H,8-10H2. The zero-order valence-corrected chi connectivity index (χ0v) is 12.8. The van der Waals surface area contributed by atoms with Gasteiger partial charge in [0.2, 0.25) is 0 Å². The average molecular weight is 340 g/mol. The Morgan fingerprint density at radius 2 is 1.74 bits per heavy atom. The third-order valence-electron chi connectivity index (χ3n) is 3.96. The first-order chi connectivity index (χ1) is 10.9. The average Bonchev–Trinajstić information content (AvgIpc) is 2.53. The number of amides is 1. The molecule has 0 N–H and O–H groups in total. The van der Waals surface area contributed by atoms with Crippen LogP contribution in [-0.4, -0.2) is 23.5 Å². The molecule has 0 spiro atoms. The van der Waals surface area contributed by atoms with Crippen LogP contribution < -0.4 is 0 Å². The van der Waals surface area contributed by atoms with Crippen molar-refractivity contribution in [3.8, 4) is 11.1 Å². The SMILES string of the molecule is O=C(N1CCc2c(cccc2-c2ccccc2Cl)C1)C(F)(F)F. The lowest BCUT2D eigenvalue weighted by molar-refractivity contribution is -0.186. The highest BCUT2D eigenvalue weighted by atomic mass is 35.5. The fourth-order valence-corrected chi connectivity index (χ4v) is 3.13. The second-order valence-corrected chi connectivity index (χ2v) is 5.80. The van der Waals surface area contributed by atoms with Crippen molar-refractivity contribution in [2.24, 2.45) is 0 Å². The van der Waals surface area contributed by atoms with Gasteiger partial charge in [-0.05, 0) is 29.2 Å². The van der Waals surface area contributed by atoms with Gasteiger partial charge < -0.3 is 4.90 Å². The minimum atomic E-state index is -4.84. The van der Waals surface area contributed by atoms with Gasteiger partial charge >= 0.3 is 12.1 Å². The van der Waals surface area contributed by atoms with Crippen molar-refractivity contribution in [1.29, 1.82) is 0 Å². The first-order valence-corrected chi connectivity index (χ1v) is 7.47. The molecule has 2 aromatic rings. The lowest BCUT2D eigenvalue weighted by Crippen LogP contribution is -2.43. The quantitative estimate of drug-likeness (QED) is 0.751. The number of carbonyl (C=O) groups excluding carboxylic acids is 1. The monoisotopic (exact) mass is 339 g/mol. The van der Waals surface area contributed by atoms with E-state index in [1.54, 1.807) is 18.2 Å². The van der Waals surface area contributed by atoms with Gasteiger partial charge in [0, 0.05) is 23.7 Å². The van der Waals surface area contributed by atoms with E-state index >= 15 is 0 Å². The predicted molar refractivity (Wildman–Crippen MR) is 82.1 cm³/mol. The lowest BCUT2D eigenvalue weighted by Gasteiger charge is -2.30. The molecule has 3 rings (SSSR count). The summed E-state index contributed by atoms with van der Waals surface area (Å²) in [7, 11) is 0. The molecule has 0 unspecified atom stereocenters. The van der Waals surface area contributed by atoms with E-state index in [4.69, 9.17) is 11.6 Å². The molecule has 1 heterocycles.